The highest BCUT2D eigenvalue weighted by atomic mass is 32.2. The molecule has 0 bridgehead atoms. The fourth-order valence-electron chi connectivity index (χ4n) is 3.06. The molecule has 2 unspecified atom stereocenters. The second-order valence-electron chi connectivity index (χ2n) is 6.51. The Bertz CT molecular complexity index is 552. The number of anilines is 1. The van der Waals surface area contributed by atoms with Crippen LogP contribution in [0.4, 0.5) is 5.69 Å². The number of rotatable bonds is 4. The van der Waals surface area contributed by atoms with Crippen LogP contribution in [0, 0.1) is 11.8 Å². The van der Waals surface area contributed by atoms with Crippen LogP contribution in [-0.2, 0) is 9.84 Å². The molecule has 0 saturated heterocycles. The first-order valence-electron chi connectivity index (χ1n) is 7.79. The first-order valence-corrected chi connectivity index (χ1v) is 9.68. The van der Waals surface area contributed by atoms with Gasteiger partial charge in [0, 0.05) is 12.3 Å². The zero-order chi connectivity index (χ0) is 15.5. The molecule has 4 nitrogen and oxygen atoms in total. The maximum atomic E-state index is 11.4. The molecule has 0 radical (unpaired) electrons. The predicted octanol–water partition coefficient (Wildman–Crippen LogP) is 3.50. The van der Waals surface area contributed by atoms with Crippen LogP contribution in [0.3, 0.4) is 0 Å². The molecule has 1 aromatic rings. The summed E-state index contributed by atoms with van der Waals surface area (Å²) in [6.45, 7) is 4.62. The first kappa shape index (κ1) is 16.3. The normalized spacial score (nSPS) is 23.8. The minimum absolute atomic E-state index is 0.133. The van der Waals surface area contributed by atoms with Crippen molar-refractivity contribution in [3.8, 4) is 0 Å². The lowest BCUT2D eigenvalue weighted by atomic mass is 9.89. The zero-order valence-electron chi connectivity index (χ0n) is 13.2. The monoisotopic (exact) mass is 310 g/mol. The molecule has 1 N–H and O–H groups in total. The topological polar surface area (TPSA) is 59.1 Å². The van der Waals surface area contributed by atoms with Crippen molar-refractivity contribution in [2.24, 2.45) is 11.8 Å². The number of hydrogen-bond donors (Lipinski definition) is 1. The van der Waals surface area contributed by atoms with Gasteiger partial charge in [-0.15, -0.1) is 0 Å². The zero-order valence-corrected chi connectivity index (χ0v) is 14.0. The van der Waals surface area contributed by atoms with Crippen LogP contribution in [0.15, 0.2) is 23.4 Å². The molecular weight excluding hydrogens is 284 g/mol. The van der Waals surface area contributed by atoms with Crippen LogP contribution < -0.4 is 5.32 Å². The van der Waals surface area contributed by atoms with E-state index in [1.165, 1.54) is 38.4 Å². The molecule has 5 heteroatoms. The SMILES string of the molecule is CC(C)C1CCCC(Nc2ccc(S(C)(=O)=O)nc2)CC1. The predicted molar refractivity (Wildman–Crippen MR) is 86.2 cm³/mol. The van der Waals surface area contributed by atoms with Crippen LogP contribution in [0.25, 0.3) is 0 Å². The number of aromatic nitrogens is 1. The summed E-state index contributed by atoms with van der Waals surface area (Å²) < 4.78 is 22.8. The summed E-state index contributed by atoms with van der Waals surface area (Å²) in [7, 11) is -3.21. The van der Waals surface area contributed by atoms with Crippen molar-refractivity contribution in [2.45, 2.75) is 57.0 Å². The van der Waals surface area contributed by atoms with E-state index in [4.69, 9.17) is 0 Å². The van der Waals surface area contributed by atoms with Gasteiger partial charge in [-0.2, -0.15) is 0 Å². The van der Waals surface area contributed by atoms with Crippen LogP contribution in [-0.4, -0.2) is 25.7 Å². The summed E-state index contributed by atoms with van der Waals surface area (Å²) in [6.07, 6.45) is 9.01. The van der Waals surface area contributed by atoms with Gasteiger partial charge in [-0.25, -0.2) is 13.4 Å². The Morgan fingerprint density at radius 1 is 1.19 bits per heavy atom. The number of pyridine rings is 1. The maximum Gasteiger partial charge on any atom is 0.192 e. The third-order valence-corrected chi connectivity index (χ3v) is 5.44. The highest BCUT2D eigenvalue weighted by Crippen LogP contribution is 2.30. The summed E-state index contributed by atoms with van der Waals surface area (Å²) in [5.74, 6) is 1.60. The highest BCUT2D eigenvalue weighted by Gasteiger charge is 2.21. The van der Waals surface area contributed by atoms with Crippen molar-refractivity contribution in [1.82, 2.24) is 4.98 Å². The molecule has 2 rings (SSSR count). The van der Waals surface area contributed by atoms with Gasteiger partial charge in [0.2, 0.25) is 0 Å². The third kappa shape index (κ3) is 4.70. The van der Waals surface area contributed by atoms with Crippen molar-refractivity contribution in [1.29, 1.82) is 0 Å². The van der Waals surface area contributed by atoms with Gasteiger partial charge in [0.05, 0.1) is 11.9 Å². The summed E-state index contributed by atoms with van der Waals surface area (Å²) in [5.41, 5.74) is 0.912. The van der Waals surface area contributed by atoms with Crippen molar-refractivity contribution in [3.05, 3.63) is 18.3 Å². The Morgan fingerprint density at radius 2 is 1.95 bits per heavy atom. The molecule has 1 saturated carbocycles. The lowest BCUT2D eigenvalue weighted by Gasteiger charge is -2.19. The van der Waals surface area contributed by atoms with Gasteiger partial charge in [0.15, 0.2) is 14.9 Å². The van der Waals surface area contributed by atoms with E-state index in [1.807, 2.05) is 6.07 Å². The van der Waals surface area contributed by atoms with E-state index in [0.717, 1.165) is 17.5 Å². The number of hydrogen-bond acceptors (Lipinski definition) is 4. The summed E-state index contributed by atoms with van der Waals surface area (Å²) in [4.78, 5) is 4.03. The molecule has 118 valence electrons. The van der Waals surface area contributed by atoms with Gasteiger partial charge >= 0.3 is 0 Å². The maximum absolute atomic E-state index is 11.4. The Morgan fingerprint density at radius 3 is 2.52 bits per heavy atom. The molecule has 2 atom stereocenters. The van der Waals surface area contributed by atoms with Gasteiger partial charge in [-0.3, -0.25) is 0 Å². The van der Waals surface area contributed by atoms with Crippen LogP contribution in [0.1, 0.15) is 46.0 Å². The van der Waals surface area contributed by atoms with Crippen LogP contribution in [0.2, 0.25) is 0 Å². The van der Waals surface area contributed by atoms with Crippen molar-refractivity contribution in [3.63, 3.8) is 0 Å². The second-order valence-corrected chi connectivity index (χ2v) is 8.47. The van der Waals surface area contributed by atoms with Gasteiger partial charge in [0.25, 0.3) is 0 Å². The number of nitrogens with zero attached hydrogens (tertiary/aromatic N) is 1. The quantitative estimate of drug-likeness (QED) is 0.865. The Kier molecular flexibility index (Phi) is 5.25. The largest absolute Gasteiger partial charge is 0.381 e. The van der Waals surface area contributed by atoms with Gasteiger partial charge < -0.3 is 5.32 Å². The minimum atomic E-state index is -3.21. The van der Waals surface area contributed by atoms with Crippen molar-refractivity contribution >= 4 is 15.5 Å². The lowest BCUT2D eigenvalue weighted by Crippen LogP contribution is -2.19. The summed E-state index contributed by atoms with van der Waals surface area (Å²) in [5, 5.41) is 3.63. The van der Waals surface area contributed by atoms with E-state index >= 15 is 0 Å². The van der Waals surface area contributed by atoms with E-state index in [9.17, 15) is 8.42 Å². The fraction of sp³-hybridized carbons (Fsp3) is 0.688. The average Bonchev–Trinajstić information content (AvgIpc) is 2.64. The standard InChI is InChI=1S/C16H26N2O2S/c1-12(2)13-5-4-6-14(8-7-13)18-15-9-10-16(17-11-15)21(3,19)20/h9-14,18H,4-8H2,1-3H3. The third-order valence-electron chi connectivity index (χ3n) is 4.44. The van der Waals surface area contributed by atoms with Gasteiger partial charge in [-0.1, -0.05) is 26.7 Å². The first-order chi connectivity index (χ1) is 9.86. The summed E-state index contributed by atoms with van der Waals surface area (Å²) >= 11 is 0. The van der Waals surface area contributed by atoms with E-state index in [1.54, 1.807) is 12.3 Å². The fourth-order valence-corrected chi connectivity index (χ4v) is 3.62. The molecule has 21 heavy (non-hydrogen) atoms. The molecule has 1 aromatic heterocycles. The molecular formula is C16H26N2O2S. The molecule has 1 aliphatic rings. The van der Waals surface area contributed by atoms with E-state index in [2.05, 4.69) is 24.1 Å². The van der Waals surface area contributed by atoms with Gasteiger partial charge in [-0.05, 0) is 43.2 Å². The van der Waals surface area contributed by atoms with E-state index in [0.29, 0.717) is 6.04 Å². The van der Waals surface area contributed by atoms with E-state index < -0.39 is 9.84 Å². The molecule has 0 spiro atoms. The summed E-state index contributed by atoms with van der Waals surface area (Å²) in [6, 6.07) is 3.86. The second kappa shape index (κ2) is 6.77. The molecule has 1 heterocycles. The minimum Gasteiger partial charge on any atom is -0.381 e. The van der Waals surface area contributed by atoms with E-state index in [-0.39, 0.29) is 5.03 Å². The highest BCUT2D eigenvalue weighted by molar-refractivity contribution is 7.90. The van der Waals surface area contributed by atoms with Crippen LogP contribution in [0.5, 0.6) is 0 Å². The van der Waals surface area contributed by atoms with Crippen molar-refractivity contribution in [2.75, 3.05) is 11.6 Å². The van der Waals surface area contributed by atoms with Gasteiger partial charge in [0.1, 0.15) is 0 Å². The molecule has 1 aliphatic carbocycles. The lowest BCUT2D eigenvalue weighted by molar-refractivity contribution is 0.341. The molecule has 1 fully saturated rings. The Balaban J connectivity index is 1.96. The molecule has 0 aliphatic heterocycles. The number of sulfone groups is 1. The smallest absolute Gasteiger partial charge is 0.192 e. The molecule has 0 aromatic carbocycles. The van der Waals surface area contributed by atoms with Crippen molar-refractivity contribution < 1.29 is 8.42 Å². The Hall–Kier alpha value is -1.10. The molecule has 0 amide bonds. The average molecular weight is 310 g/mol. The van der Waals surface area contributed by atoms with Crippen LogP contribution >= 0.6 is 0 Å². The Labute approximate surface area is 128 Å². The number of nitrogens with one attached hydrogen (secondary N) is 1.